The van der Waals surface area contributed by atoms with Crippen molar-refractivity contribution in [1.82, 2.24) is 9.80 Å². The molecule has 2 saturated heterocycles. The van der Waals surface area contributed by atoms with Crippen LogP contribution in [-0.4, -0.2) is 60.2 Å². The molecule has 1 atom stereocenters. The van der Waals surface area contributed by atoms with E-state index < -0.39 is 11.8 Å². The molecule has 3 aliphatic heterocycles. The third kappa shape index (κ3) is 2.83. The van der Waals surface area contributed by atoms with Crippen molar-refractivity contribution in [3.8, 4) is 0 Å². The van der Waals surface area contributed by atoms with Gasteiger partial charge in [0.05, 0.1) is 19.6 Å². The van der Waals surface area contributed by atoms with Crippen molar-refractivity contribution < 1.29 is 19.1 Å². The summed E-state index contributed by atoms with van der Waals surface area (Å²) in [6.07, 6.45) is 1.75. The Hall–Kier alpha value is -1.92. The lowest BCUT2D eigenvalue weighted by Crippen LogP contribution is -2.53. The summed E-state index contributed by atoms with van der Waals surface area (Å²) in [5.74, 6) is -0.465. The van der Waals surface area contributed by atoms with E-state index in [1.165, 1.54) is 0 Å². The molecule has 3 heterocycles. The molecule has 6 heteroatoms. The molecule has 2 fully saturated rings. The van der Waals surface area contributed by atoms with E-state index in [0.717, 1.165) is 11.1 Å². The number of carbonyl (C=O) groups excluding carboxylic acids is 2. The molecular weight excluding hydrogens is 320 g/mol. The molecule has 1 spiro atoms. The van der Waals surface area contributed by atoms with Crippen molar-refractivity contribution in [1.29, 1.82) is 0 Å². The Morgan fingerprint density at radius 1 is 1.20 bits per heavy atom. The van der Waals surface area contributed by atoms with Gasteiger partial charge >= 0.3 is 0 Å². The van der Waals surface area contributed by atoms with Crippen LogP contribution in [0, 0.1) is 0 Å². The number of nitrogens with zero attached hydrogens (tertiary/aromatic N) is 2. The summed E-state index contributed by atoms with van der Waals surface area (Å²) < 4.78 is 11.5. The second kappa shape index (κ2) is 6.42. The van der Waals surface area contributed by atoms with Crippen molar-refractivity contribution in [3.05, 3.63) is 35.4 Å². The number of likely N-dealkylation sites (N-methyl/N-ethyl adjacent to an activating group) is 1. The zero-order valence-electron chi connectivity index (χ0n) is 14.6. The average Bonchev–Trinajstić information content (AvgIpc) is 3.08. The van der Waals surface area contributed by atoms with Crippen molar-refractivity contribution >= 4 is 11.8 Å². The average molecular weight is 344 g/mol. The van der Waals surface area contributed by atoms with Crippen LogP contribution in [0.25, 0.3) is 0 Å². The van der Waals surface area contributed by atoms with Crippen molar-refractivity contribution in [2.24, 2.45) is 0 Å². The molecule has 3 aliphatic rings. The van der Waals surface area contributed by atoms with Gasteiger partial charge in [-0.2, -0.15) is 0 Å². The molecule has 0 aliphatic carbocycles. The summed E-state index contributed by atoms with van der Waals surface area (Å²) in [4.78, 5) is 29.4. The third-order valence-electron chi connectivity index (χ3n) is 5.55. The number of amides is 2. The smallest absolute Gasteiger partial charge is 0.250 e. The Labute approximate surface area is 147 Å². The minimum absolute atomic E-state index is 0.00944. The molecule has 0 saturated carbocycles. The molecule has 0 N–H and O–H groups in total. The fraction of sp³-hybridized carbons (Fsp3) is 0.579. The summed E-state index contributed by atoms with van der Waals surface area (Å²) >= 11 is 0. The van der Waals surface area contributed by atoms with Crippen LogP contribution >= 0.6 is 0 Å². The lowest BCUT2D eigenvalue weighted by molar-refractivity contribution is -0.189. The molecule has 134 valence electrons. The van der Waals surface area contributed by atoms with Gasteiger partial charge in [0.15, 0.2) is 5.79 Å². The van der Waals surface area contributed by atoms with E-state index in [1.807, 2.05) is 36.1 Å². The van der Waals surface area contributed by atoms with Gasteiger partial charge in [-0.3, -0.25) is 9.59 Å². The summed E-state index contributed by atoms with van der Waals surface area (Å²) in [5.41, 5.74) is 1.93. The van der Waals surface area contributed by atoms with Gasteiger partial charge in [0.25, 0.3) is 0 Å². The van der Waals surface area contributed by atoms with E-state index in [1.54, 1.807) is 4.90 Å². The zero-order valence-corrected chi connectivity index (χ0v) is 14.6. The van der Waals surface area contributed by atoms with E-state index >= 15 is 0 Å². The summed E-state index contributed by atoms with van der Waals surface area (Å²) in [5, 5.41) is 0. The van der Waals surface area contributed by atoms with Gasteiger partial charge < -0.3 is 19.3 Å². The number of likely N-dealkylation sites (tertiary alicyclic amines) is 1. The first kappa shape index (κ1) is 16.5. The monoisotopic (exact) mass is 344 g/mol. The predicted molar refractivity (Wildman–Crippen MR) is 90.7 cm³/mol. The van der Waals surface area contributed by atoms with E-state index in [0.29, 0.717) is 52.1 Å². The fourth-order valence-corrected chi connectivity index (χ4v) is 4.19. The lowest BCUT2D eigenvalue weighted by atomic mass is 9.90. The molecule has 0 radical (unpaired) electrons. The zero-order chi connectivity index (χ0) is 17.4. The summed E-state index contributed by atoms with van der Waals surface area (Å²) in [6.45, 7) is 4.92. The summed E-state index contributed by atoms with van der Waals surface area (Å²) in [7, 11) is 0. The maximum atomic E-state index is 13.3. The Balaban J connectivity index is 1.57. The van der Waals surface area contributed by atoms with E-state index in [9.17, 15) is 9.59 Å². The van der Waals surface area contributed by atoms with Gasteiger partial charge in [-0.05, 0) is 18.1 Å². The largest absolute Gasteiger partial charge is 0.347 e. The maximum absolute atomic E-state index is 13.3. The first-order valence-electron chi connectivity index (χ1n) is 9.07. The Morgan fingerprint density at radius 2 is 1.88 bits per heavy atom. The van der Waals surface area contributed by atoms with Crippen LogP contribution in [0.1, 0.15) is 36.9 Å². The number of hydrogen-bond donors (Lipinski definition) is 0. The van der Waals surface area contributed by atoms with Gasteiger partial charge in [0, 0.05) is 32.5 Å². The van der Waals surface area contributed by atoms with Crippen LogP contribution in [0.15, 0.2) is 24.3 Å². The number of fused-ring (bicyclic) bond motifs is 1. The standard InChI is InChI=1S/C19H24N2O4/c1-2-21-16(22)13-14-5-3-4-6-15(14)17(21)18(23)20-9-7-19(8-10-20)24-11-12-25-19/h3-6,17H,2,7-13H2,1H3. The first-order chi connectivity index (χ1) is 12.1. The molecule has 6 nitrogen and oxygen atoms in total. The van der Waals surface area contributed by atoms with Crippen molar-refractivity contribution in [2.75, 3.05) is 32.8 Å². The lowest BCUT2D eigenvalue weighted by Gasteiger charge is -2.42. The van der Waals surface area contributed by atoms with Gasteiger partial charge in [-0.1, -0.05) is 24.3 Å². The molecule has 2 amide bonds. The van der Waals surface area contributed by atoms with Crippen molar-refractivity contribution in [2.45, 2.75) is 38.0 Å². The highest BCUT2D eigenvalue weighted by Gasteiger charge is 2.44. The molecule has 25 heavy (non-hydrogen) atoms. The van der Waals surface area contributed by atoms with E-state index in [4.69, 9.17) is 9.47 Å². The Bertz CT molecular complexity index is 674. The molecule has 1 aromatic rings. The second-order valence-corrected chi connectivity index (χ2v) is 6.89. The van der Waals surface area contributed by atoms with Crippen LogP contribution in [0.2, 0.25) is 0 Å². The molecule has 1 unspecified atom stereocenters. The number of carbonyl (C=O) groups is 2. The SMILES string of the molecule is CCN1C(=O)Cc2ccccc2C1C(=O)N1CCC2(CC1)OCCO2. The van der Waals surface area contributed by atoms with Crippen LogP contribution in [0.3, 0.4) is 0 Å². The minimum atomic E-state index is -0.512. The molecule has 4 rings (SSSR count). The van der Waals surface area contributed by atoms with Crippen LogP contribution in [0.5, 0.6) is 0 Å². The maximum Gasteiger partial charge on any atom is 0.250 e. The van der Waals surface area contributed by atoms with Gasteiger partial charge in [0.1, 0.15) is 6.04 Å². The third-order valence-corrected chi connectivity index (χ3v) is 5.55. The first-order valence-corrected chi connectivity index (χ1v) is 9.07. The highest BCUT2D eigenvalue weighted by atomic mass is 16.7. The van der Waals surface area contributed by atoms with E-state index in [-0.39, 0.29) is 11.8 Å². The molecule has 0 bridgehead atoms. The number of rotatable bonds is 2. The number of ether oxygens (including phenoxy) is 2. The minimum Gasteiger partial charge on any atom is -0.347 e. The Kier molecular flexibility index (Phi) is 4.25. The highest BCUT2D eigenvalue weighted by molar-refractivity contribution is 5.92. The van der Waals surface area contributed by atoms with E-state index in [2.05, 4.69) is 0 Å². The van der Waals surface area contributed by atoms with Crippen LogP contribution in [-0.2, 0) is 25.5 Å². The van der Waals surface area contributed by atoms with Crippen LogP contribution in [0.4, 0.5) is 0 Å². The van der Waals surface area contributed by atoms with Gasteiger partial charge in [-0.15, -0.1) is 0 Å². The van der Waals surface area contributed by atoms with Gasteiger partial charge in [-0.25, -0.2) is 0 Å². The molecule has 1 aromatic carbocycles. The quantitative estimate of drug-likeness (QED) is 0.816. The predicted octanol–water partition coefficient (Wildman–Crippen LogP) is 1.50. The molecular formula is C19H24N2O4. The number of piperidine rings is 1. The van der Waals surface area contributed by atoms with Crippen molar-refractivity contribution in [3.63, 3.8) is 0 Å². The normalized spacial score (nSPS) is 25.3. The fourth-order valence-electron chi connectivity index (χ4n) is 4.19. The Morgan fingerprint density at radius 3 is 2.56 bits per heavy atom. The number of benzene rings is 1. The number of hydrogen-bond acceptors (Lipinski definition) is 4. The topological polar surface area (TPSA) is 59.1 Å². The summed E-state index contributed by atoms with van der Waals surface area (Å²) in [6, 6.07) is 7.28. The molecule has 0 aromatic heterocycles. The van der Waals surface area contributed by atoms with Crippen LogP contribution < -0.4 is 0 Å². The highest BCUT2D eigenvalue weighted by Crippen LogP contribution is 2.35. The van der Waals surface area contributed by atoms with Gasteiger partial charge in [0.2, 0.25) is 11.8 Å². The second-order valence-electron chi connectivity index (χ2n) is 6.89.